The fourth-order valence-electron chi connectivity index (χ4n) is 4.20. The second-order valence-corrected chi connectivity index (χ2v) is 9.02. The zero-order valence-electron chi connectivity index (χ0n) is 15.0. The predicted octanol–water partition coefficient (Wildman–Crippen LogP) is 3.35. The van der Waals surface area contributed by atoms with Crippen molar-refractivity contribution in [2.75, 3.05) is 0 Å². The molecule has 4 rings (SSSR count). The third kappa shape index (κ3) is 3.03. The summed E-state index contributed by atoms with van der Waals surface area (Å²) in [4.78, 5) is 0.243. The van der Waals surface area contributed by atoms with Crippen molar-refractivity contribution >= 4 is 27.9 Å². The van der Waals surface area contributed by atoms with Crippen LogP contribution in [0.15, 0.2) is 57.8 Å². The van der Waals surface area contributed by atoms with E-state index in [0.717, 1.165) is 29.2 Å². The van der Waals surface area contributed by atoms with Crippen LogP contribution >= 0.6 is 0 Å². The van der Waals surface area contributed by atoms with Crippen molar-refractivity contribution in [1.82, 2.24) is 0 Å². The van der Waals surface area contributed by atoms with Crippen molar-refractivity contribution in [1.29, 1.82) is 0 Å². The Morgan fingerprint density at radius 3 is 2.38 bits per heavy atom. The van der Waals surface area contributed by atoms with Gasteiger partial charge in [-0.1, -0.05) is 67.3 Å². The number of hydrogen-bond donors (Lipinski definition) is 0. The van der Waals surface area contributed by atoms with Crippen LogP contribution < -0.4 is 10.4 Å². The standard InChI is InChI=1S/C22H23NO2S/c1-17-9-11-19(12-10-17)26(24,25)23-16-21-20-8-4-3-7-18(20)15-22(21)13-5-2-6-14-22/h3-4,7-12,15-16H,2,5-6,13-14H2,1H3/b23-16+. The molecular formula is C22H23NO2S. The van der Waals surface area contributed by atoms with Gasteiger partial charge in [0.05, 0.1) is 4.90 Å². The van der Waals surface area contributed by atoms with Crippen LogP contribution in [0.4, 0.5) is 0 Å². The topological polar surface area (TPSA) is 46.5 Å². The quantitative estimate of drug-likeness (QED) is 0.783. The summed E-state index contributed by atoms with van der Waals surface area (Å²) in [5.41, 5.74) is 2.03. The average Bonchev–Trinajstić information content (AvgIpc) is 2.93. The molecule has 134 valence electrons. The third-order valence-corrected chi connectivity index (χ3v) is 6.86. The molecule has 0 radical (unpaired) electrons. The van der Waals surface area contributed by atoms with Crippen LogP contribution in [0, 0.1) is 12.3 Å². The molecule has 0 saturated heterocycles. The molecule has 0 amide bonds. The zero-order valence-corrected chi connectivity index (χ0v) is 15.8. The Morgan fingerprint density at radius 2 is 1.65 bits per heavy atom. The number of benzene rings is 2. The lowest BCUT2D eigenvalue weighted by Crippen LogP contribution is -2.26. The Kier molecular flexibility index (Phi) is 4.31. The summed E-state index contributed by atoms with van der Waals surface area (Å²) < 4.78 is 29.4. The lowest BCUT2D eigenvalue weighted by atomic mass is 9.70. The first-order valence-corrected chi connectivity index (χ1v) is 10.6. The van der Waals surface area contributed by atoms with Gasteiger partial charge in [-0.15, -0.1) is 0 Å². The molecular weight excluding hydrogens is 342 g/mol. The van der Waals surface area contributed by atoms with E-state index in [9.17, 15) is 8.42 Å². The van der Waals surface area contributed by atoms with Gasteiger partial charge in [-0.3, -0.25) is 0 Å². The van der Waals surface area contributed by atoms with Crippen molar-refractivity contribution < 1.29 is 8.42 Å². The lowest BCUT2D eigenvalue weighted by molar-refractivity contribution is 0.364. The second kappa shape index (κ2) is 6.51. The molecule has 1 saturated carbocycles. The lowest BCUT2D eigenvalue weighted by Gasteiger charge is -2.33. The van der Waals surface area contributed by atoms with E-state index in [1.165, 1.54) is 24.5 Å². The van der Waals surface area contributed by atoms with Crippen LogP contribution in [0.5, 0.6) is 0 Å². The molecule has 0 bridgehead atoms. The van der Waals surface area contributed by atoms with Gasteiger partial charge in [0.15, 0.2) is 0 Å². The molecule has 1 spiro atoms. The summed E-state index contributed by atoms with van der Waals surface area (Å²) in [5.74, 6) is 0. The molecule has 0 unspecified atom stereocenters. The van der Waals surface area contributed by atoms with E-state index < -0.39 is 10.0 Å². The summed E-state index contributed by atoms with van der Waals surface area (Å²) in [5, 5.41) is 2.32. The van der Waals surface area contributed by atoms with Crippen LogP contribution in [-0.2, 0) is 10.0 Å². The van der Waals surface area contributed by atoms with Gasteiger partial charge < -0.3 is 0 Å². The zero-order chi connectivity index (χ0) is 18.2. The first kappa shape index (κ1) is 17.2. The Labute approximate surface area is 154 Å². The largest absolute Gasteiger partial charge is 0.282 e. The van der Waals surface area contributed by atoms with Gasteiger partial charge in [-0.25, -0.2) is 0 Å². The molecule has 4 heteroatoms. The summed E-state index contributed by atoms with van der Waals surface area (Å²) >= 11 is 0. The Balaban J connectivity index is 1.79. The molecule has 0 N–H and O–H groups in total. The maximum absolute atomic E-state index is 12.7. The number of rotatable bonds is 3. The molecule has 0 atom stereocenters. The highest BCUT2D eigenvalue weighted by Gasteiger charge is 2.36. The van der Waals surface area contributed by atoms with E-state index in [1.807, 2.05) is 19.1 Å². The molecule has 3 nitrogen and oxygen atoms in total. The summed E-state index contributed by atoms with van der Waals surface area (Å²) in [6.07, 6.45) is 9.67. The molecule has 2 aromatic carbocycles. The first-order chi connectivity index (χ1) is 12.5. The Morgan fingerprint density at radius 1 is 0.962 bits per heavy atom. The van der Waals surface area contributed by atoms with E-state index >= 15 is 0 Å². The second-order valence-electron chi connectivity index (χ2n) is 7.38. The summed E-state index contributed by atoms with van der Waals surface area (Å²) in [7, 11) is -3.69. The Hall–Kier alpha value is -2.20. The molecule has 2 aliphatic carbocycles. The minimum atomic E-state index is -3.69. The SMILES string of the molecule is Cc1ccc(S(=O)(=O)/N=C/C2=c3ccccc3=CC23CCCCC3)cc1. The van der Waals surface area contributed by atoms with Gasteiger partial charge in [-0.05, 0) is 47.9 Å². The van der Waals surface area contributed by atoms with E-state index in [0.29, 0.717) is 0 Å². The van der Waals surface area contributed by atoms with E-state index in [1.54, 1.807) is 30.5 Å². The monoisotopic (exact) mass is 365 g/mol. The minimum Gasteiger partial charge on any atom is -0.199 e. The fraction of sp³-hybridized carbons (Fsp3) is 0.318. The van der Waals surface area contributed by atoms with E-state index in [-0.39, 0.29) is 10.3 Å². The van der Waals surface area contributed by atoms with Crippen molar-refractivity contribution in [3.05, 3.63) is 64.5 Å². The van der Waals surface area contributed by atoms with Gasteiger partial charge in [0.1, 0.15) is 0 Å². The highest BCUT2D eigenvalue weighted by atomic mass is 32.2. The van der Waals surface area contributed by atoms with Crippen molar-refractivity contribution in [3.63, 3.8) is 0 Å². The van der Waals surface area contributed by atoms with Crippen molar-refractivity contribution in [3.8, 4) is 0 Å². The predicted molar refractivity (Wildman–Crippen MR) is 106 cm³/mol. The average molecular weight is 365 g/mol. The number of fused-ring (bicyclic) bond motifs is 1. The smallest absolute Gasteiger partial charge is 0.199 e. The van der Waals surface area contributed by atoms with Crippen LogP contribution in [-0.4, -0.2) is 14.6 Å². The highest BCUT2D eigenvalue weighted by Crippen LogP contribution is 2.44. The van der Waals surface area contributed by atoms with E-state index in [4.69, 9.17) is 0 Å². The van der Waals surface area contributed by atoms with Gasteiger partial charge >= 0.3 is 0 Å². The molecule has 1 fully saturated rings. The maximum Gasteiger partial charge on any atom is 0.282 e. The van der Waals surface area contributed by atoms with Crippen LogP contribution in [0.2, 0.25) is 0 Å². The number of sulfonamides is 1. The summed E-state index contributed by atoms with van der Waals surface area (Å²) in [6.45, 7) is 1.94. The molecule has 2 aliphatic rings. The third-order valence-electron chi connectivity index (χ3n) is 5.60. The number of aryl methyl sites for hydroxylation is 1. The molecule has 0 heterocycles. The fourth-order valence-corrected chi connectivity index (χ4v) is 5.05. The summed E-state index contributed by atoms with van der Waals surface area (Å²) in [6, 6.07) is 15.1. The van der Waals surface area contributed by atoms with Crippen LogP contribution in [0.3, 0.4) is 0 Å². The van der Waals surface area contributed by atoms with Gasteiger partial charge in [0, 0.05) is 11.6 Å². The molecule has 0 aliphatic heterocycles. The maximum atomic E-state index is 12.7. The van der Waals surface area contributed by atoms with Gasteiger partial charge in [0.2, 0.25) is 0 Å². The normalized spacial score (nSPS) is 18.9. The van der Waals surface area contributed by atoms with E-state index in [2.05, 4.69) is 22.6 Å². The van der Waals surface area contributed by atoms with Gasteiger partial charge in [-0.2, -0.15) is 12.8 Å². The molecule has 2 aromatic rings. The van der Waals surface area contributed by atoms with Crippen molar-refractivity contribution in [2.24, 2.45) is 9.81 Å². The molecule has 26 heavy (non-hydrogen) atoms. The highest BCUT2D eigenvalue weighted by molar-refractivity contribution is 7.90. The number of hydrogen-bond acceptors (Lipinski definition) is 2. The minimum absolute atomic E-state index is 0.0613. The molecule has 0 aromatic heterocycles. The first-order valence-electron chi connectivity index (χ1n) is 9.20. The number of nitrogens with zero attached hydrogens (tertiary/aromatic N) is 1. The van der Waals surface area contributed by atoms with Crippen LogP contribution in [0.25, 0.3) is 11.6 Å². The Bertz CT molecular complexity index is 1070. The van der Waals surface area contributed by atoms with Gasteiger partial charge in [0.25, 0.3) is 10.0 Å². The van der Waals surface area contributed by atoms with Crippen LogP contribution in [0.1, 0.15) is 37.7 Å². The van der Waals surface area contributed by atoms with Crippen molar-refractivity contribution in [2.45, 2.75) is 43.9 Å².